The summed E-state index contributed by atoms with van der Waals surface area (Å²) in [7, 11) is -3.68. The molecule has 2 heterocycles. The maximum atomic E-state index is 13.2. The zero-order chi connectivity index (χ0) is 21.1. The van der Waals surface area contributed by atoms with Gasteiger partial charge in [0.1, 0.15) is 0 Å². The molecule has 1 aliphatic heterocycles. The summed E-state index contributed by atoms with van der Waals surface area (Å²) in [6, 6.07) is 14.1. The Hall–Kier alpha value is -2.97. The van der Waals surface area contributed by atoms with Gasteiger partial charge < -0.3 is 5.32 Å². The molecule has 0 aliphatic carbocycles. The molecule has 0 bridgehead atoms. The summed E-state index contributed by atoms with van der Waals surface area (Å²) in [5, 5.41) is 7.00. The van der Waals surface area contributed by atoms with Crippen LogP contribution in [0.15, 0.2) is 65.8 Å². The molecular weight excluding hydrogens is 400 g/mol. The molecular formula is C22H24N4O3S. The standard InChI is InChI=1S/C22H24N4O3S/c1-17-14-24-25(15-17)12-10-23-22(27)19-7-4-8-21(13-19)30(28,29)26-11-9-18-5-2-3-6-20(18)16-26/h2-8,13-15H,9-12,16H2,1H3,(H,23,27). The van der Waals surface area contributed by atoms with Gasteiger partial charge in [0, 0.05) is 31.4 Å². The number of hydrogen-bond donors (Lipinski definition) is 1. The summed E-state index contributed by atoms with van der Waals surface area (Å²) in [5.74, 6) is -0.306. The molecule has 3 aromatic rings. The van der Waals surface area contributed by atoms with Crippen LogP contribution in [0.3, 0.4) is 0 Å². The Kier molecular flexibility index (Phi) is 5.69. The molecule has 4 rings (SSSR count). The summed E-state index contributed by atoms with van der Waals surface area (Å²) in [6.45, 7) is 3.68. The molecule has 1 aliphatic rings. The Morgan fingerprint density at radius 2 is 1.93 bits per heavy atom. The van der Waals surface area contributed by atoms with E-state index >= 15 is 0 Å². The van der Waals surface area contributed by atoms with Gasteiger partial charge in [-0.1, -0.05) is 30.3 Å². The Balaban J connectivity index is 1.45. The highest BCUT2D eigenvalue weighted by Crippen LogP contribution is 2.25. The second kappa shape index (κ2) is 8.41. The number of nitrogens with zero attached hydrogens (tertiary/aromatic N) is 3. The van der Waals surface area contributed by atoms with Crippen molar-refractivity contribution in [3.8, 4) is 0 Å². The lowest BCUT2D eigenvalue weighted by Crippen LogP contribution is -2.36. The maximum Gasteiger partial charge on any atom is 0.251 e. The van der Waals surface area contributed by atoms with Crippen LogP contribution in [0.2, 0.25) is 0 Å². The molecule has 1 N–H and O–H groups in total. The number of amides is 1. The second-order valence-corrected chi connectivity index (χ2v) is 9.36. The molecule has 30 heavy (non-hydrogen) atoms. The van der Waals surface area contributed by atoms with Gasteiger partial charge in [0.15, 0.2) is 0 Å². The largest absolute Gasteiger partial charge is 0.350 e. The molecule has 2 aromatic carbocycles. The van der Waals surface area contributed by atoms with E-state index in [9.17, 15) is 13.2 Å². The minimum absolute atomic E-state index is 0.136. The monoisotopic (exact) mass is 424 g/mol. The number of fused-ring (bicyclic) bond motifs is 1. The van der Waals surface area contributed by atoms with Crippen molar-refractivity contribution in [1.82, 2.24) is 19.4 Å². The predicted molar refractivity (Wildman–Crippen MR) is 113 cm³/mol. The van der Waals surface area contributed by atoms with E-state index in [0.29, 0.717) is 38.2 Å². The average Bonchev–Trinajstić information content (AvgIpc) is 3.18. The predicted octanol–water partition coefficient (Wildman–Crippen LogP) is 2.37. The zero-order valence-electron chi connectivity index (χ0n) is 16.8. The van der Waals surface area contributed by atoms with Gasteiger partial charge >= 0.3 is 0 Å². The smallest absolute Gasteiger partial charge is 0.251 e. The van der Waals surface area contributed by atoms with Crippen LogP contribution < -0.4 is 5.32 Å². The topological polar surface area (TPSA) is 84.3 Å². The third-order valence-electron chi connectivity index (χ3n) is 5.22. The Morgan fingerprint density at radius 3 is 2.70 bits per heavy atom. The van der Waals surface area contributed by atoms with E-state index in [0.717, 1.165) is 11.1 Å². The Labute approximate surface area is 176 Å². The van der Waals surface area contributed by atoms with Crippen LogP contribution in [0.5, 0.6) is 0 Å². The number of aryl methyl sites for hydroxylation is 1. The van der Waals surface area contributed by atoms with Crippen molar-refractivity contribution < 1.29 is 13.2 Å². The lowest BCUT2D eigenvalue weighted by molar-refractivity contribution is 0.0951. The number of benzene rings is 2. The van der Waals surface area contributed by atoms with Crippen LogP contribution >= 0.6 is 0 Å². The van der Waals surface area contributed by atoms with Gasteiger partial charge in [-0.2, -0.15) is 9.40 Å². The van der Waals surface area contributed by atoms with E-state index < -0.39 is 10.0 Å². The van der Waals surface area contributed by atoms with E-state index in [1.807, 2.05) is 37.4 Å². The van der Waals surface area contributed by atoms with Crippen LogP contribution in [-0.4, -0.2) is 41.5 Å². The van der Waals surface area contributed by atoms with Gasteiger partial charge in [-0.15, -0.1) is 0 Å². The average molecular weight is 425 g/mol. The molecule has 0 saturated heterocycles. The first kappa shape index (κ1) is 20.3. The number of hydrogen-bond acceptors (Lipinski definition) is 4. The molecule has 0 unspecified atom stereocenters. The molecule has 0 radical (unpaired) electrons. The normalized spacial score (nSPS) is 14.3. The number of sulfonamides is 1. The van der Waals surface area contributed by atoms with Gasteiger partial charge in [-0.3, -0.25) is 9.48 Å². The SMILES string of the molecule is Cc1cnn(CCNC(=O)c2cccc(S(=O)(=O)N3CCc4ccccc4C3)c2)c1. The first-order valence-corrected chi connectivity index (χ1v) is 11.3. The fourth-order valence-electron chi connectivity index (χ4n) is 3.60. The Morgan fingerprint density at radius 1 is 1.13 bits per heavy atom. The van der Waals surface area contributed by atoms with Gasteiger partial charge in [0.05, 0.1) is 17.6 Å². The summed E-state index contributed by atoms with van der Waals surface area (Å²) >= 11 is 0. The minimum atomic E-state index is -3.68. The van der Waals surface area contributed by atoms with Gasteiger partial charge in [-0.25, -0.2) is 8.42 Å². The molecule has 0 spiro atoms. The molecule has 0 saturated carbocycles. The minimum Gasteiger partial charge on any atom is -0.350 e. The van der Waals surface area contributed by atoms with Crippen molar-refractivity contribution in [1.29, 1.82) is 0 Å². The molecule has 1 amide bonds. The van der Waals surface area contributed by atoms with E-state index in [1.54, 1.807) is 29.1 Å². The van der Waals surface area contributed by atoms with E-state index in [2.05, 4.69) is 10.4 Å². The lowest BCUT2D eigenvalue weighted by atomic mass is 10.0. The number of nitrogens with one attached hydrogen (secondary N) is 1. The Bertz CT molecular complexity index is 1170. The van der Waals surface area contributed by atoms with E-state index in [1.165, 1.54) is 15.9 Å². The van der Waals surface area contributed by atoms with Crippen molar-refractivity contribution >= 4 is 15.9 Å². The van der Waals surface area contributed by atoms with Crippen LogP contribution in [0, 0.1) is 6.92 Å². The van der Waals surface area contributed by atoms with Crippen LogP contribution in [-0.2, 0) is 29.5 Å². The zero-order valence-corrected chi connectivity index (χ0v) is 17.6. The molecule has 8 heteroatoms. The van der Waals surface area contributed by atoms with Crippen molar-refractivity contribution in [3.63, 3.8) is 0 Å². The van der Waals surface area contributed by atoms with Crippen LogP contribution in [0.1, 0.15) is 27.0 Å². The molecule has 7 nitrogen and oxygen atoms in total. The highest BCUT2D eigenvalue weighted by molar-refractivity contribution is 7.89. The van der Waals surface area contributed by atoms with Gasteiger partial charge in [0.2, 0.25) is 10.0 Å². The maximum absolute atomic E-state index is 13.2. The summed E-state index contributed by atoms with van der Waals surface area (Å²) < 4.78 is 29.5. The summed E-state index contributed by atoms with van der Waals surface area (Å²) in [4.78, 5) is 12.6. The highest BCUT2D eigenvalue weighted by atomic mass is 32.2. The first-order valence-electron chi connectivity index (χ1n) is 9.88. The highest BCUT2D eigenvalue weighted by Gasteiger charge is 2.28. The van der Waals surface area contributed by atoms with Crippen molar-refractivity contribution in [2.24, 2.45) is 0 Å². The molecule has 156 valence electrons. The molecule has 0 atom stereocenters. The fraction of sp³-hybridized carbons (Fsp3) is 0.273. The second-order valence-electron chi connectivity index (χ2n) is 7.42. The van der Waals surface area contributed by atoms with Gasteiger partial charge in [-0.05, 0) is 48.2 Å². The summed E-state index contributed by atoms with van der Waals surface area (Å²) in [5.41, 5.74) is 3.59. The number of carbonyl (C=O) groups excluding carboxylic acids is 1. The van der Waals surface area contributed by atoms with Gasteiger partial charge in [0.25, 0.3) is 5.91 Å². The number of rotatable bonds is 6. The molecule has 1 aromatic heterocycles. The number of carbonyl (C=O) groups is 1. The summed E-state index contributed by atoms with van der Waals surface area (Å²) in [6.07, 6.45) is 4.34. The first-order chi connectivity index (χ1) is 14.4. The molecule has 0 fully saturated rings. The number of aromatic nitrogens is 2. The van der Waals surface area contributed by atoms with Crippen LogP contribution in [0.25, 0.3) is 0 Å². The van der Waals surface area contributed by atoms with Crippen LogP contribution in [0.4, 0.5) is 0 Å². The van der Waals surface area contributed by atoms with Crippen molar-refractivity contribution in [2.75, 3.05) is 13.1 Å². The third kappa shape index (κ3) is 4.29. The quantitative estimate of drug-likeness (QED) is 0.658. The third-order valence-corrected chi connectivity index (χ3v) is 7.06. The van der Waals surface area contributed by atoms with Crippen molar-refractivity contribution in [3.05, 3.63) is 83.2 Å². The fourth-order valence-corrected chi connectivity index (χ4v) is 5.06. The van der Waals surface area contributed by atoms with E-state index in [4.69, 9.17) is 0 Å². The lowest BCUT2D eigenvalue weighted by Gasteiger charge is -2.28. The van der Waals surface area contributed by atoms with Crippen molar-refractivity contribution in [2.45, 2.75) is 31.3 Å². The van der Waals surface area contributed by atoms with E-state index in [-0.39, 0.29) is 10.8 Å².